The number of aryl methyl sites for hydroxylation is 1. The normalized spacial score (nSPS) is 18.1. The van der Waals surface area contributed by atoms with E-state index in [4.69, 9.17) is 4.52 Å². The van der Waals surface area contributed by atoms with Gasteiger partial charge in [-0.1, -0.05) is 11.2 Å². The van der Waals surface area contributed by atoms with Gasteiger partial charge in [0.2, 0.25) is 17.6 Å². The van der Waals surface area contributed by atoms with Crippen LogP contribution in [0.4, 0.5) is 0 Å². The third-order valence-electron chi connectivity index (χ3n) is 3.87. The number of carboxylic acids is 1. The van der Waals surface area contributed by atoms with E-state index in [0.717, 1.165) is 17.7 Å². The monoisotopic (exact) mass is 335 g/mol. The maximum absolute atomic E-state index is 12.3. The summed E-state index contributed by atoms with van der Waals surface area (Å²) in [6.45, 7) is 0.500. The van der Waals surface area contributed by atoms with E-state index in [-0.39, 0.29) is 12.3 Å². The van der Waals surface area contributed by atoms with E-state index >= 15 is 0 Å². The molecule has 23 heavy (non-hydrogen) atoms. The fourth-order valence-electron chi connectivity index (χ4n) is 2.71. The maximum atomic E-state index is 12.3. The van der Waals surface area contributed by atoms with Crippen molar-refractivity contribution in [2.24, 2.45) is 0 Å². The van der Waals surface area contributed by atoms with Crippen molar-refractivity contribution in [3.8, 4) is 10.7 Å². The van der Waals surface area contributed by atoms with Crippen LogP contribution in [0.5, 0.6) is 0 Å². The first-order chi connectivity index (χ1) is 11.1. The van der Waals surface area contributed by atoms with Gasteiger partial charge < -0.3 is 14.5 Å². The van der Waals surface area contributed by atoms with Crippen molar-refractivity contribution in [3.63, 3.8) is 0 Å². The molecule has 1 saturated heterocycles. The average molecular weight is 335 g/mol. The molecule has 1 atom stereocenters. The topological polar surface area (TPSA) is 96.5 Å². The van der Waals surface area contributed by atoms with Crippen LogP contribution in [0, 0.1) is 0 Å². The number of aromatic nitrogens is 2. The standard InChI is InChI=1S/C15H17N3O4S/c19-13(18-8-2-1-4-10(18)15(20)21)7-6-12-16-14(17-22-12)11-5-3-9-23-11/h3,5,9-10H,1-2,4,6-8H2,(H,20,21)/t10-/m1/s1. The third kappa shape index (κ3) is 3.58. The van der Waals surface area contributed by atoms with Crippen LogP contribution < -0.4 is 0 Å². The summed E-state index contributed by atoms with van der Waals surface area (Å²) in [5.74, 6) is -0.196. The number of nitrogens with zero attached hydrogens (tertiary/aromatic N) is 3. The number of carboxylic acid groups (broad SMARTS) is 1. The molecule has 2 aromatic heterocycles. The number of hydrogen-bond acceptors (Lipinski definition) is 6. The van der Waals surface area contributed by atoms with E-state index < -0.39 is 12.0 Å². The van der Waals surface area contributed by atoms with Crippen LogP contribution in [0.3, 0.4) is 0 Å². The predicted octanol–water partition coefficient (Wildman–Crippen LogP) is 2.20. The Labute approximate surface area is 136 Å². The number of thiophene rings is 1. The zero-order valence-electron chi connectivity index (χ0n) is 12.5. The highest BCUT2D eigenvalue weighted by Crippen LogP contribution is 2.22. The molecule has 1 fully saturated rings. The Kier molecular flexibility index (Phi) is 4.71. The first kappa shape index (κ1) is 15.7. The molecule has 8 heteroatoms. The summed E-state index contributed by atoms with van der Waals surface area (Å²) in [6.07, 6.45) is 2.70. The molecule has 1 amide bonds. The molecule has 3 rings (SSSR count). The molecular formula is C15H17N3O4S. The molecular weight excluding hydrogens is 318 g/mol. The lowest BCUT2D eigenvalue weighted by Crippen LogP contribution is -2.48. The first-order valence-electron chi connectivity index (χ1n) is 7.54. The number of carbonyl (C=O) groups excluding carboxylic acids is 1. The molecule has 0 saturated carbocycles. The van der Waals surface area contributed by atoms with Crippen LogP contribution >= 0.6 is 11.3 Å². The van der Waals surface area contributed by atoms with Gasteiger partial charge in [0.25, 0.3) is 0 Å². The summed E-state index contributed by atoms with van der Waals surface area (Å²) in [5.41, 5.74) is 0. The van der Waals surface area contributed by atoms with Crippen LogP contribution in [0.15, 0.2) is 22.0 Å². The lowest BCUT2D eigenvalue weighted by molar-refractivity contribution is -0.152. The summed E-state index contributed by atoms with van der Waals surface area (Å²) in [7, 11) is 0. The average Bonchev–Trinajstić information content (AvgIpc) is 3.23. The predicted molar refractivity (Wildman–Crippen MR) is 82.9 cm³/mol. The molecule has 1 aliphatic rings. The Morgan fingerprint density at radius 2 is 2.30 bits per heavy atom. The molecule has 3 heterocycles. The Morgan fingerprint density at radius 1 is 1.43 bits per heavy atom. The number of aliphatic carboxylic acids is 1. The SMILES string of the molecule is O=C(O)[C@H]1CCCCN1C(=O)CCc1nc(-c2cccs2)no1. The van der Waals surface area contributed by atoms with Crippen LogP contribution in [-0.4, -0.2) is 44.6 Å². The van der Waals surface area contributed by atoms with Crippen LogP contribution in [0.2, 0.25) is 0 Å². The highest BCUT2D eigenvalue weighted by Gasteiger charge is 2.31. The fourth-order valence-corrected chi connectivity index (χ4v) is 3.36. The lowest BCUT2D eigenvalue weighted by Gasteiger charge is -2.32. The number of rotatable bonds is 5. The molecule has 2 aromatic rings. The number of likely N-dealkylation sites (tertiary alicyclic amines) is 1. The minimum Gasteiger partial charge on any atom is -0.480 e. The van der Waals surface area contributed by atoms with Gasteiger partial charge in [-0.15, -0.1) is 11.3 Å². The van der Waals surface area contributed by atoms with E-state index in [2.05, 4.69) is 10.1 Å². The first-order valence-corrected chi connectivity index (χ1v) is 8.42. The molecule has 1 aliphatic heterocycles. The zero-order chi connectivity index (χ0) is 16.2. The highest BCUT2D eigenvalue weighted by atomic mass is 32.1. The molecule has 0 unspecified atom stereocenters. The number of hydrogen-bond donors (Lipinski definition) is 1. The molecule has 7 nitrogen and oxygen atoms in total. The third-order valence-corrected chi connectivity index (χ3v) is 4.74. The Morgan fingerprint density at radius 3 is 3.04 bits per heavy atom. The van der Waals surface area contributed by atoms with E-state index in [9.17, 15) is 14.7 Å². The quantitative estimate of drug-likeness (QED) is 0.900. The fraction of sp³-hybridized carbons (Fsp3) is 0.467. The lowest BCUT2D eigenvalue weighted by atomic mass is 10.0. The van der Waals surface area contributed by atoms with E-state index in [1.54, 1.807) is 0 Å². The van der Waals surface area contributed by atoms with Gasteiger partial charge in [0.15, 0.2) is 0 Å². The van der Waals surface area contributed by atoms with Gasteiger partial charge in [0.1, 0.15) is 6.04 Å². The zero-order valence-corrected chi connectivity index (χ0v) is 13.3. The van der Waals surface area contributed by atoms with Crippen molar-refractivity contribution in [2.75, 3.05) is 6.54 Å². The number of carbonyl (C=O) groups is 2. The summed E-state index contributed by atoms with van der Waals surface area (Å²) < 4.78 is 5.16. The Balaban J connectivity index is 1.59. The van der Waals surface area contributed by atoms with Gasteiger partial charge in [-0.3, -0.25) is 4.79 Å². The molecule has 0 bridgehead atoms. The minimum atomic E-state index is -0.934. The van der Waals surface area contributed by atoms with E-state index in [1.807, 2.05) is 17.5 Å². The summed E-state index contributed by atoms with van der Waals surface area (Å²) in [6, 6.07) is 3.10. The Bertz CT molecular complexity index is 683. The van der Waals surface area contributed by atoms with Crippen LogP contribution in [0.25, 0.3) is 10.7 Å². The largest absolute Gasteiger partial charge is 0.480 e. The second-order valence-electron chi connectivity index (χ2n) is 5.43. The van der Waals surface area contributed by atoms with Crippen LogP contribution in [0.1, 0.15) is 31.6 Å². The van der Waals surface area contributed by atoms with Crippen molar-refractivity contribution in [1.82, 2.24) is 15.0 Å². The summed E-state index contributed by atoms with van der Waals surface area (Å²) in [4.78, 5) is 30.2. The van der Waals surface area contributed by atoms with Gasteiger partial charge in [-0.25, -0.2) is 4.79 Å². The summed E-state index contributed by atoms with van der Waals surface area (Å²) in [5, 5.41) is 15.0. The minimum absolute atomic E-state index is 0.173. The second-order valence-corrected chi connectivity index (χ2v) is 6.37. The smallest absolute Gasteiger partial charge is 0.326 e. The van der Waals surface area contributed by atoms with Crippen molar-refractivity contribution in [1.29, 1.82) is 0 Å². The van der Waals surface area contributed by atoms with Gasteiger partial charge in [0, 0.05) is 19.4 Å². The molecule has 0 spiro atoms. The maximum Gasteiger partial charge on any atom is 0.326 e. The summed E-state index contributed by atoms with van der Waals surface area (Å²) >= 11 is 1.51. The molecule has 0 aromatic carbocycles. The molecule has 0 radical (unpaired) electrons. The van der Waals surface area contributed by atoms with E-state index in [1.165, 1.54) is 16.2 Å². The van der Waals surface area contributed by atoms with Crippen LogP contribution in [-0.2, 0) is 16.0 Å². The van der Waals surface area contributed by atoms with Gasteiger partial charge in [0.05, 0.1) is 4.88 Å². The van der Waals surface area contributed by atoms with Gasteiger partial charge >= 0.3 is 5.97 Å². The van der Waals surface area contributed by atoms with Crippen molar-refractivity contribution in [2.45, 2.75) is 38.1 Å². The molecule has 0 aliphatic carbocycles. The molecule has 122 valence electrons. The van der Waals surface area contributed by atoms with Gasteiger partial charge in [-0.2, -0.15) is 4.98 Å². The van der Waals surface area contributed by atoms with Crippen molar-refractivity contribution in [3.05, 3.63) is 23.4 Å². The molecule has 1 N–H and O–H groups in total. The number of piperidine rings is 1. The van der Waals surface area contributed by atoms with E-state index in [0.29, 0.717) is 31.1 Å². The second kappa shape index (κ2) is 6.91. The highest BCUT2D eigenvalue weighted by molar-refractivity contribution is 7.13. The number of amides is 1. The van der Waals surface area contributed by atoms with Crippen molar-refractivity contribution < 1.29 is 19.2 Å². The van der Waals surface area contributed by atoms with Gasteiger partial charge in [-0.05, 0) is 30.7 Å². The Hall–Kier alpha value is -2.22. The van der Waals surface area contributed by atoms with Crippen molar-refractivity contribution >= 4 is 23.2 Å².